The summed E-state index contributed by atoms with van der Waals surface area (Å²) in [5, 5.41) is 18.2. The van der Waals surface area contributed by atoms with Crippen molar-refractivity contribution in [1.29, 1.82) is 0 Å². The molecule has 4 aromatic heterocycles. The maximum atomic E-state index is 5.75. The molecule has 4 heterocycles. The van der Waals surface area contributed by atoms with E-state index in [-0.39, 0.29) is 0 Å². The van der Waals surface area contributed by atoms with E-state index in [4.69, 9.17) is 14.8 Å². The Bertz CT molecular complexity index is 3170. The Labute approximate surface area is 350 Å². The van der Waals surface area contributed by atoms with Crippen LogP contribution in [0.5, 0.6) is 0 Å². The van der Waals surface area contributed by atoms with Gasteiger partial charge >= 0.3 is 346 Å². The molecule has 0 atom stereocenters. The summed E-state index contributed by atoms with van der Waals surface area (Å²) in [6, 6.07) is 72.4. The SMILES string of the molecule is c1ccc([PH](Cc2nc(-c3ccc(-c4ccc5ccccc5c4)s3)c3nonc3c2-c2ccc(-c3ccc4ccccc4c3)s2)(c2ccccc2)c2ccccc2)cc1. The van der Waals surface area contributed by atoms with Crippen LogP contribution in [0.15, 0.2) is 205 Å². The molecule has 0 amide bonds. The first-order valence-corrected chi connectivity index (χ1v) is 23.6. The van der Waals surface area contributed by atoms with Crippen molar-refractivity contribution in [3.63, 3.8) is 0 Å². The molecule has 0 aliphatic heterocycles. The Hall–Kier alpha value is -6.56. The fourth-order valence-corrected chi connectivity index (χ4v) is 15.3. The van der Waals surface area contributed by atoms with Crippen LogP contribution in [-0.4, -0.2) is 15.3 Å². The van der Waals surface area contributed by atoms with Crippen LogP contribution in [-0.2, 0) is 6.16 Å². The fraction of sp³-hybridized carbons (Fsp3) is 0.0192. The molecule has 0 unspecified atom stereocenters. The molecule has 11 rings (SSSR count). The van der Waals surface area contributed by atoms with Crippen LogP contribution in [0.2, 0.25) is 0 Å². The van der Waals surface area contributed by atoms with E-state index in [2.05, 4.69) is 205 Å². The second kappa shape index (κ2) is 15.0. The summed E-state index contributed by atoms with van der Waals surface area (Å²) >= 11 is 3.49. The Morgan fingerprint density at radius 3 is 1.39 bits per heavy atom. The Morgan fingerprint density at radius 1 is 0.407 bits per heavy atom. The predicted octanol–water partition coefficient (Wildman–Crippen LogP) is 12.9. The number of benzene rings is 7. The quantitative estimate of drug-likeness (QED) is 0.136. The third kappa shape index (κ3) is 6.37. The summed E-state index contributed by atoms with van der Waals surface area (Å²) < 4.78 is 5.69. The standard InChI is InChI=1S/C52H36N3OPS2/c1-4-18-41(19-5-1)57(42-20-6-2-7-21-42,43-22-8-3-9-23-43)34-44-49(47-30-28-45(58-47)39-26-24-35-14-10-12-16-37(35)32-39)51-52(55-56-54-51)50(53-44)48-31-29-46(59-48)40-27-25-36-15-11-13-17-38(36)33-40/h1-33,57H,34H2. The summed E-state index contributed by atoms with van der Waals surface area (Å²) in [4.78, 5) is 10.2. The zero-order valence-electron chi connectivity index (χ0n) is 31.8. The van der Waals surface area contributed by atoms with Gasteiger partial charge in [0, 0.05) is 0 Å². The molecule has 0 aliphatic rings. The van der Waals surface area contributed by atoms with Gasteiger partial charge in [0.25, 0.3) is 0 Å². The van der Waals surface area contributed by atoms with Gasteiger partial charge in [0.15, 0.2) is 0 Å². The zero-order chi connectivity index (χ0) is 39.2. The molecule has 0 radical (unpaired) electrons. The minimum atomic E-state index is -2.81. The molecule has 7 heteroatoms. The Morgan fingerprint density at radius 2 is 0.847 bits per heavy atom. The van der Waals surface area contributed by atoms with Crippen molar-refractivity contribution in [3.8, 4) is 41.9 Å². The molecule has 0 aliphatic carbocycles. The van der Waals surface area contributed by atoms with E-state index < -0.39 is 7.26 Å². The van der Waals surface area contributed by atoms with Gasteiger partial charge in [-0.2, -0.15) is 0 Å². The molecule has 11 aromatic rings. The normalized spacial score (nSPS) is 12.1. The number of fused-ring (bicyclic) bond motifs is 3. The minimum absolute atomic E-state index is 0.669. The molecule has 0 saturated heterocycles. The summed E-state index contributed by atoms with van der Waals surface area (Å²) in [6.45, 7) is 0. The number of pyridine rings is 1. The van der Waals surface area contributed by atoms with Crippen LogP contribution in [0.25, 0.3) is 74.5 Å². The molecule has 4 nitrogen and oxygen atoms in total. The van der Waals surface area contributed by atoms with Gasteiger partial charge in [0.1, 0.15) is 0 Å². The molecule has 282 valence electrons. The van der Waals surface area contributed by atoms with Gasteiger partial charge in [-0.05, 0) is 0 Å². The average molecular weight is 814 g/mol. The first kappa shape index (κ1) is 35.6. The molecule has 0 spiro atoms. The maximum absolute atomic E-state index is 5.75. The average Bonchev–Trinajstić information content (AvgIpc) is 4.11. The molecular weight excluding hydrogens is 778 g/mol. The van der Waals surface area contributed by atoms with E-state index in [1.807, 2.05) is 0 Å². The molecule has 0 N–H and O–H groups in total. The van der Waals surface area contributed by atoms with Gasteiger partial charge in [-0.3, -0.25) is 0 Å². The van der Waals surface area contributed by atoms with Crippen molar-refractivity contribution in [1.82, 2.24) is 15.3 Å². The topological polar surface area (TPSA) is 51.8 Å². The van der Waals surface area contributed by atoms with Crippen LogP contribution in [0.1, 0.15) is 5.69 Å². The van der Waals surface area contributed by atoms with E-state index in [0.29, 0.717) is 11.7 Å². The second-order valence-corrected chi connectivity index (χ2v) is 20.9. The summed E-state index contributed by atoms with van der Waals surface area (Å²) in [7, 11) is -2.81. The molecule has 0 saturated carbocycles. The number of aromatic nitrogens is 3. The van der Waals surface area contributed by atoms with E-state index in [1.165, 1.54) is 58.3 Å². The zero-order valence-corrected chi connectivity index (χ0v) is 34.5. The summed E-state index contributed by atoms with van der Waals surface area (Å²) in [5.41, 5.74) is 6.52. The van der Waals surface area contributed by atoms with Crippen LogP contribution in [0, 0.1) is 0 Å². The van der Waals surface area contributed by atoms with Crippen molar-refractivity contribution >= 4 is 78.4 Å². The molecule has 0 bridgehead atoms. The Kier molecular flexibility index (Phi) is 9.04. The van der Waals surface area contributed by atoms with Crippen LogP contribution >= 0.6 is 29.9 Å². The molecule has 0 fully saturated rings. The molecular formula is C52H36N3OPS2. The number of hydrogen-bond donors (Lipinski definition) is 0. The summed E-state index contributed by atoms with van der Waals surface area (Å²) in [5.74, 6) is 0. The molecule has 59 heavy (non-hydrogen) atoms. The molecule has 7 aromatic carbocycles. The van der Waals surface area contributed by atoms with E-state index in [0.717, 1.165) is 32.2 Å². The van der Waals surface area contributed by atoms with E-state index in [1.54, 1.807) is 22.7 Å². The van der Waals surface area contributed by atoms with Gasteiger partial charge in [-0.15, -0.1) is 0 Å². The van der Waals surface area contributed by atoms with Crippen molar-refractivity contribution in [2.75, 3.05) is 0 Å². The third-order valence-corrected chi connectivity index (χ3v) is 18.6. The number of nitrogens with zero attached hydrogens (tertiary/aromatic N) is 3. The van der Waals surface area contributed by atoms with E-state index >= 15 is 0 Å². The van der Waals surface area contributed by atoms with Crippen molar-refractivity contribution < 1.29 is 4.63 Å². The van der Waals surface area contributed by atoms with Crippen LogP contribution in [0.4, 0.5) is 0 Å². The second-order valence-electron chi connectivity index (χ2n) is 14.9. The first-order valence-electron chi connectivity index (χ1n) is 19.7. The van der Waals surface area contributed by atoms with Crippen LogP contribution in [0.3, 0.4) is 0 Å². The number of thiophene rings is 2. The van der Waals surface area contributed by atoms with Gasteiger partial charge < -0.3 is 0 Å². The van der Waals surface area contributed by atoms with Crippen molar-refractivity contribution in [3.05, 3.63) is 206 Å². The van der Waals surface area contributed by atoms with Crippen LogP contribution < -0.4 is 15.9 Å². The summed E-state index contributed by atoms with van der Waals surface area (Å²) in [6.07, 6.45) is 0.697. The van der Waals surface area contributed by atoms with Crippen molar-refractivity contribution in [2.45, 2.75) is 6.16 Å². The van der Waals surface area contributed by atoms with Gasteiger partial charge in [0.05, 0.1) is 0 Å². The fourth-order valence-electron chi connectivity index (χ4n) is 8.61. The van der Waals surface area contributed by atoms with E-state index in [9.17, 15) is 0 Å². The Balaban J connectivity index is 1.14. The van der Waals surface area contributed by atoms with Gasteiger partial charge in [-0.25, -0.2) is 0 Å². The number of hydrogen-bond acceptors (Lipinski definition) is 6. The monoisotopic (exact) mass is 813 g/mol. The first-order chi connectivity index (χ1) is 29.2. The number of rotatable bonds is 9. The van der Waals surface area contributed by atoms with Gasteiger partial charge in [-0.1, -0.05) is 6.07 Å². The predicted molar refractivity (Wildman–Crippen MR) is 252 cm³/mol. The third-order valence-electron chi connectivity index (χ3n) is 11.5. The van der Waals surface area contributed by atoms with Gasteiger partial charge in [0.2, 0.25) is 0 Å². The van der Waals surface area contributed by atoms with Crippen molar-refractivity contribution in [2.24, 2.45) is 0 Å².